The maximum atomic E-state index is 12.3. The zero-order chi connectivity index (χ0) is 13.3. The lowest BCUT2D eigenvalue weighted by Crippen LogP contribution is -2.62. The lowest BCUT2D eigenvalue weighted by Gasteiger charge is -2.43. The number of carbonyl (C=O) groups is 1. The summed E-state index contributed by atoms with van der Waals surface area (Å²) in [5, 5.41) is 0. The molecule has 2 fully saturated rings. The Hall–Kier alpha value is -1.04. The molecule has 118 valence electrons. The highest BCUT2D eigenvalue weighted by atomic mass is 35.5. The maximum Gasteiger partial charge on any atom is 0.242 e. The summed E-state index contributed by atoms with van der Waals surface area (Å²) in [6.07, 6.45) is 4.56. The molecule has 21 heavy (non-hydrogen) atoms. The summed E-state index contributed by atoms with van der Waals surface area (Å²) in [7, 11) is 0. The molecule has 1 saturated heterocycles. The first-order chi connectivity index (χ1) is 9.19. The molecule has 1 aromatic rings. The third kappa shape index (κ3) is 3.59. The van der Waals surface area contributed by atoms with Crippen LogP contribution in [0.3, 0.4) is 0 Å². The highest BCUT2D eigenvalue weighted by Gasteiger charge is 2.43. The van der Waals surface area contributed by atoms with E-state index in [2.05, 4.69) is 9.88 Å². The minimum Gasteiger partial charge on any atom is -0.353 e. The van der Waals surface area contributed by atoms with Gasteiger partial charge in [-0.05, 0) is 31.4 Å². The molecule has 2 heterocycles. The van der Waals surface area contributed by atoms with Gasteiger partial charge in [0, 0.05) is 32.4 Å². The average Bonchev–Trinajstić information content (AvgIpc) is 2.45. The summed E-state index contributed by atoms with van der Waals surface area (Å²) < 4.78 is 0. The van der Waals surface area contributed by atoms with Crippen molar-refractivity contribution in [1.29, 1.82) is 0 Å². The van der Waals surface area contributed by atoms with Crippen LogP contribution >= 0.6 is 24.8 Å². The second-order valence-electron chi connectivity index (χ2n) is 5.48. The second-order valence-corrected chi connectivity index (χ2v) is 5.48. The Bertz CT molecular complexity index is 459. The molecular formula is C14H22Cl2N4O. The van der Waals surface area contributed by atoms with Crippen LogP contribution in [0.4, 0.5) is 5.82 Å². The summed E-state index contributed by atoms with van der Waals surface area (Å²) in [6, 6.07) is 5.91. The van der Waals surface area contributed by atoms with Gasteiger partial charge in [0.2, 0.25) is 5.91 Å². The fraction of sp³-hybridized carbons (Fsp3) is 0.571. The monoisotopic (exact) mass is 332 g/mol. The minimum atomic E-state index is -0.562. The molecule has 5 nitrogen and oxygen atoms in total. The summed E-state index contributed by atoms with van der Waals surface area (Å²) in [6.45, 7) is 3.15. The third-order valence-electron chi connectivity index (χ3n) is 4.21. The van der Waals surface area contributed by atoms with Crippen LogP contribution in [-0.4, -0.2) is 47.5 Å². The molecule has 1 saturated carbocycles. The van der Waals surface area contributed by atoms with Crippen LogP contribution in [0, 0.1) is 0 Å². The van der Waals surface area contributed by atoms with Crippen LogP contribution in [0.15, 0.2) is 24.4 Å². The van der Waals surface area contributed by atoms with Crippen molar-refractivity contribution in [3.63, 3.8) is 0 Å². The lowest BCUT2D eigenvalue weighted by molar-refractivity contribution is -0.140. The van der Waals surface area contributed by atoms with Crippen LogP contribution in [0.5, 0.6) is 0 Å². The molecule has 0 bridgehead atoms. The smallest absolute Gasteiger partial charge is 0.242 e. The van der Waals surface area contributed by atoms with E-state index in [0.717, 1.165) is 51.3 Å². The molecule has 1 aliphatic heterocycles. The number of piperazine rings is 1. The first kappa shape index (κ1) is 18.0. The number of nitrogens with zero attached hydrogens (tertiary/aromatic N) is 3. The van der Waals surface area contributed by atoms with Crippen molar-refractivity contribution in [2.75, 3.05) is 31.1 Å². The van der Waals surface area contributed by atoms with Gasteiger partial charge < -0.3 is 15.5 Å². The van der Waals surface area contributed by atoms with E-state index in [0.29, 0.717) is 0 Å². The normalized spacial score (nSPS) is 19.9. The Morgan fingerprint density at radius 3 is 2.29 bits per heavy atom. The van der Waals surface area contributed by atoms with Crippen molar-refractivity contribution < 1.29 is 4.79 Å². The van der Waals surface area contributed by atoms with Gasteiger partial charge in [0.05, 0.1) is 5.54 Å². The molecule has 1 amide bonds. The van der Waals surface area contributed by atoms with Gasteiger partial charge in [0.1, 0.15) is 5.82 Å². The van der Waals surface area contributed by atoms with Gasteiger partial charge in [-0.25, -0.2) is 4.98 Å². The van der Waals surface area contributed by atoms with Gasteiger partial charge in [0.25, 0.3) is 0 Å². The fourth-order valence-electron chi connectivity index (χ4n) is 2.77. The number of nitrogens with two attached hydrogens (primary N) is 1. The van der Waals surface area contributed by atoms with Crippen LogP contribution in [0.25, 0.3) is 0 Å². The van der Waals surface area contributed by atoms with Crippen molar-refractivity contribution in [3.05, 3.63) is 24.4 Å². The average molecular weight is 333 g/mol. The molecule has 0 aromatic carbocycles. The number of pyridine rings is 1. The van der Waals surface area contributed by atoms with Gasteiger partial charge in [0.15, 0.2) is 0 Å². The molecule has 0 atom stereocenters. The number of rotatable bonds is 2. The molecule has 7 heteroatoms. The molecular weight excluding hydrogens is 311 g/mol. The summed E-state index contributed by atoms with van der Waals surface area (Å²) in [4.78, 5) is 20.8. The Labute approximate surface area is 137 Å². The first-order valence-electron chi connectivity index (χ1n) is 6.93. The number of anilines is 1. The number of hydrogen-bond acceptors (Lipinski definition) is 4. The van der Waals surface area contributed by atoms with Crippen molar-refractivity contribution >= 4 is 36.5 Å². The van der Waals surface area contributed by atoms with Crippen LogP contribution in [-0.2, 0) is 4.79 Å². The molecule has 0 unspecified atom stereocenters. The molecule has 2 aliphatic rings. The van der Waals surface area contributed by atoms with E-state index in [9.17, 15) is 4.79 Å². The van der Waals surface area contributed by atoms with Crippen molar-refractivity contribution in [1.82, 2.24) is 9.88 Å². The standard InChI is InChI=1S/C14H20N4O.2ClH/c15-14(5-3-6-14)13(19)18-10-8-17(9-11-18)12-4-1-2-7-16-12;;/h1-2,4,7H,3,5-6,8-11,15H2;2*1H. The van der Waals surface area contributed by atoms with Crippen molar-refractivity contribution in [3.8, 4) is 0 Å². The van der Waals surface area contributed by atoms with Crippen LogP contribution < -0.4 is 10.6 Å². The first-order valence-corrected chi connectivity index (χ1v) is 6.93. The van der Waals surface area contributed by atoms with E-state index in [4.69, 9.17) is 5.73 Å². The second kappa shape index (κ2) is 7.29. The molecule has 0 radical (unpaired) electrons. The highest BCUT2D eigenvalue weighted by Crippen LogP contribution is 2.31. The van der Waals surface area contributed by atoms with E-state index in [-0.39, 0.29) is 30.7 Å². The molecule has 1 aromatic heterocycles. The molecule has 0 spiro atoms. The van der Waals surface area contributed by atoms with E-state index in [1.807, 2.05) is 23.1 Å². The number of aromatic nitrogens is 1. The van der Waals surface area contributed by atoms with E-state index in [1.165, 1.54) is 0 Å². The Morgan fingerprint density at radius 1 is 1.14 bits per heavy atom. The zero-order valence-corrected chi connectivity index (χ0v) is 13.5. The van der Waals surface area contributed by atoms with E-state index >= 15 is 0 Å². The van der Waals surface area contributed by atoms with Gasteiger partial charge in [-0.1, -0.05) is 6.07 Å². The summed E-state index contributed by atoms with van der Waals surface area (Å²) in [5.41, 5.74) is 5.54. The van der Waals surface area contributed by atoms with Gasteiger partial charge in [-0.3, -0.25) is 4.79 Å². The number of amides is 1. The zero-order valence-electron chi connectivity index (χ0n) is 11.9. The third-order valence-corrected chi connectivity index (χ3v) is 4.21. The predicted octanol–water partition coefficient (Wildman–Crippen LogP) is 1.46. The number of hydrogen-bond donors (Lipinski definition) is 1. The largest absolute Gasteiger partial charge is 0.353 e. The van der Waals surface area contributed by atoms with Crippen molar-refractivity contribution in [2.24, 2.45) is 5.73 Å². The molecule has 2 N–H and O–H groups in total. The van der Waals surface area contributed by atoms with E-state index in [1.54, 1.807) is 6.20 Å². The van der Waals surface area contributed by atoms with Crippen molar-refractivity contribution in [2.45, 2.75) is 24.8 Å². The summed E-state index contributed by atoms with van der Waals surface area (Å²) >= 11 is 0. The van der Waals surface area contributed by atoms with Crippen LogP contribution in [0.1, 0.15) is 19.3 Å². The fourth-order valence-corrected chi connectivity index (χ4v) is 2.77. The Kier molecular flexibility index (Phi) is 6.25. The number of carbonyl (C=O) groups excluding carboxylic acids is 1. The predicted molar refractivity (Wildman–Crippen MR) is 88.3 cm³/mol. The Morgan fingerprint density at radius 2 is 1.81 bits per heavy atom. The quantitative estimate of drug-likeness (QED) is 0.890. The Balaban J connectivity index is 0.00000110. The van der Waals surface area contributed by atoms with Gasteiger partial charge in [-0.2, -0.15) is 0 Å². The number of halogens is 2. The molecule has 3 rings (SSSR count). The molecule has 1 aliphatic carbocycles. The SMILES string of the molecule is Cl.Cl.NC1(C(=O)N2CCN(c3ccccn3)CC2)CCC1. The van der Waals surface area contributed by atoms with Gasteiger partial charge in [-0.15, -0.1) is 24.8 Å². The topological polar surface area (TPSA) is 62.5 Å². The van der Waals surface area contributed by atoms with Gasteiger partial charge >= 0.3 is 0 Å². The summed E-state index contributed by atoms with van der Waals surface area (Å²) in [5.74, 6) is 1.13. The van der Waals surface area contributed by atoms with Crippen LogP contribution in [0.2, 0.25) is 0 Å². The lowest BCUT2D eigenvalue weighted by atomic mass is 9.76. The maximum absolute atomic E-state index is 12.3. The minimum absolute atomic E-state index is 0. The van der Waals surface area contributed by atoms with E-state index < -0.39 is 5.54 Å². The highest BCUT2D eigenvalue weighted by molar-refractivity contribution is 5.87.